The van der Waals surface area contributed by atoms with Gasteiger partial charge in [0.15, 0.2) is 0 Å². The molecule has 1 aromatic heterocycles. The second kappa shape index (κ2) is 6.17. The second-order valence-corrected chi connectivity index (χ2v) is 5.30. The van der Waals surface area contributed by atoms with Crippen LogP contribution in [0.4, 0.5) is 5.82 Å². The van der Waals surface area contributed by atoms with E-state index in [2.05, 4.69) is 16.9 Å². The van der Waals surface area contributed by atoms with E-state index in [9.17, 15) is 9.90 Å². The Morgan fingerprint density at radius 3 is 2.85 bits per heavy atom. The lowest BCUT2D eigenvalue weighted by molar-refractivity contribution is -0.142. The molecular weight excluding hydrogens is 256 g/mol. The summed E-state index contributed by atoms with van der Waals surface area (Å²) in [5, 5.41) is 9.27. The number of aromatic nitrogens is 2. The Bertz CT molecular complexity index is 492. The lowest BCUT2D eigenvalue weighted by Crippen LogP contribution is -2.55. The van der Waals surface area contributed by atoms with Gasteiger partial charge in [0.05, 0.1) is 0 Å². The molecule has 1 aliphatic heterocycles. The van der Waals surface area contributed by atoms with Crippen molar-refractivity contribution in [3.8, 4) is 0 Å². The van der Waals surface area contributed by atoms with Crippen LogP contribution in [-0.2, 0) is 11.2 Å². The van der Waals surface area contributed by atoms with Crippen molar-refractivity contribution in [2.45, 2.75) is 32.7 Å². The molecule has 6 heteroatoms. The first-order chi connectivity index (χ1) is 9.51. The van der Waals surface area contributed by atoms with Crippen LogP contribution in [0, 0.1) is 6.92 Å². The third kappa shape index (κ3) is 3.25. The van der Waals surface area contributed by atoms with Crippen LogP contribution in [0.2, 0.25) is 0 Å². The number of hydrogen-bond acceptors (Lipinski definition) is 5. The summed E-state index contributed by atoms with van der Waals surface area (Å²) < 4.78 is 0. The monoisotopic (exact) mass is 278 g/mol. The minimum Gasteiger partial charge on any atom is -0.480 e. The minimum absolute atomic E-state index is 0.466. The first kappa shape index (κ1) is 14.7. The van der Waals surface area contributed by atoms with Crippen molar-refractivity contribution in [3.63, 3.8) is 0 Å². The fraction of sp³-hybridized carbons (Fsp3) is 0.643. The average molecular weight is 278 g/mol. The molecule has 2 heterocycles. The van der Waals surface area contributed by atoms with Gasteiger partial charge in [-0.3, -0.25) is 9.69 Å². The highest BCUT2D eigenvalue weighted by atomic mass is 16.4. The fourth-order valence-electron chi connectivity index (χ4n) is 2.51. The van der Waals surface area contributed by atoms with Gasteiger partial charge in [-0.2, -0.15) is 0 Å². The molecule has 1 aromatic rings. The number of rotatable bonds is 4. The molecule has 1 N–H and O–H groups in total. The van der Waals surface area contributed by atoms with Crippen LogP contribution in [0.5, 0.6) is 0 Å². The molecule has 0 bridgehead atoms. The van der Waals surface area contributed by atoms with Crippen molar-refractivity contribution in [1.82, 2.24) is 14.9 Å². The summed E-state index contributed by atoms with van der Waals surface area (Å²) in [6.45, 7) is 5.99. The summed E-state index contributed by atoms with van der Waals surface area (Å²) in [5.41, 5.74) is 1.03. The lowest BCUT2D eigenvalue weighted by Gasteiger charge is -2.37. The van der Waals surface area contributed by atoms with E-state index in [0.29, 0.717) is 6.54 Å². The molecule has 1 atom stereocenters. The summed E-state index contributed by atoms with van der Waals surface area (Å²) in [4.78, 5) is 24.1. The molecule has 0 aliphatic carbocycles. The molecule has 0 saturated carbocycles. The normalized spacial score (nSPS) is 20.1. The summed E-state index contributed by atoms with van der Waals surface area (Å²) in [7, 11) is 1.85. The third-order valence-electron chi connectivity index (χ3n) is 3.64. The van der Waals surface area contributed by atoms with Crippen LogP contribution in [0.15, 0.2) is 6.07 Å². The van der Waals surface area contributed by atoms with E-state index in [1.807, 2.05) is 29.8 Å². The van der Waals surface area contributed by atoms with Gasteiger partial charge >= 0.3 is 5.97 Å². The van der Waals surface area contributed by atoms with Gasteiger partial charge in [-0.05, 0) is 20.4 Å². The van der Waals surface area contributed by atoms with Crippen LogP contribution in [0.1, 0.15) is 24.9 Å². The van der Waals surface area contributed by atoms with E-state index >= 15 is 0 Å². The molecule has 2 rings (SSSR count). The topological polar surface area (TPSA) is 69.6 Å². The zero-order chi connectivity index (χ0) is 14.7. The molecule has 1 saturated heterocycles. The van der Waals surface area contributed by atoms with Crippen LogP contribution in [-0.4, -0.2) is 58.7 Å². The molecule has 6 nitrogen and oxygen atoms in total. The van der Waals surface area contributed by atoms with Crippen LogP contribution in [0.3, 0.4) is 0 Å². The van der Waals surface area contributed by atoms with Gasteiger partial charge in [0.25, 0.3) is 0 Å². The number of anilines is 1. The van der Waals surface area contributed by atoms with Crippen LogP contribution in [0.25, 0.3) is 0 Å². The zero-order valence-electron chi connectivity index (χ0n) is 12.3. The Balaban J connectivity index is 2.20. The Kier molecular flexibility index (Phi) is 4.54. The van der Waals surface area contributed by atoms with E-state index in [0.717, 1.165) is 43.3 Å². The van der Waals surface area contributed by atoms with Crippen LogP contribution >= 0.6 is 0 Å². The van der Waals surface area contributed by atoms with Crippen molar-refractivity contribution in [1.29, 1.82) is 0 Å². The maximum atomic E-state index is 11.3. The lowest BCUT2D eigenvalue weighted by atomic mass is 10.1. The number of nitrogens with zero attached hydrogens (tertiary/aromatic N) is 4. The Morgan fingerprint density at radius 2 is 2.20 bits per heavy atom. The predicted molar refractivity (Wildman–Crippen MR) is 77.0 cm³/mol. The Hall–Kier alpha value is -1.69. The molecule has 1 aliphatic rings. The van der Waals surface area contributed by atoms with E-state index < -0.39 is 12.0 Å². The number of likely N-dealkylation sites (N-methyl/N-ethyl adjacent to an activating group) is 1. The fourth-order valence-corrected chi connectivity index (χ4v) is 2.51. The van der Waals surface area contributed by atoms with Gasteiger partial charge in [0.2, 0.25) is 0 Å². The van der Waals surface area contributed by atoms with Gasteiger partial charge in [-0.25, -0.2) is 9.97 Å². The maximum Gasteiger partial charge on any atom is 0.322 e. The first-order valence-corrected chi connectivity index (χ1v) is 7.03. The quantitative estimate of drug-likeness (QED) is 0.884. The van der Waals surface area contributed by atoms with Gasteiger partial charge in [0.1, 0.15) is 17.7 Å². The summed E-state index contributed by atoms with van der Waals surface area (Å²) in [6.07, 6.45) is 1.96. The third-order valence-corrected chi connectivity index (χ3v) is 3.64. The number of hydrogen-bond donors (Lipinski definition) is 1. The highest BCUT2D eigenvalue weighted by Gasteiger charge is 2.30. The van der Waals surface area contributed by atoms with Crippen LogP contribution < -0.4 is 4.90 Å². The zero-order valence-corrected chi connectivity index (χ0v) is 12.3. The number of aliphatic carboxylic acids is 1. The van der Waals surface area contributed by atoms with Gasteiger partial charge in [0, 0.05) is 31.4 Å². The van der Waals surface area contributed by atoms with E-state index in [1.165, 1.54) is 0 Å². The number of aryl methyl sites for hydroxylation is 2. The van der Waals surface area contributed by atoms with Gasteiger partial charge in [-0.1, -0.05) is 13.3 Å². The Morgan fingerprint density at radius 1 is 1.45 bits per heavy atom. The van der Waals surface area contributed by atoms with Gasteiger partial charge in [-0.15, -0.1) is 0 Å². The average Bonchev–Trinajstić information content (AvgIpc) is 2.38. The van der Waals surface area contributed by atoms with E-state index in [4.69, 9.17) is 0 Å². The smallest absolute Gasteiger partial charge is 0.322 e. The summed E-state index contributed by atoms with van der Waals surface area (Å²) >= 11 is 0. The molecular formula is C14H22N4O2. The summed E-state index contributed by atoms with van der Waals surface area (Å²) in [6, 6.07) is 1.51. The largest absolute Gasteiger partial charge is 0.480 e. The summed E-state index contributed by atoms with van der Waals surface area (Å²) in [5.74, 6) is 0.814. The van der Waals surface area contributed by atoms with Crippen molar-refractivity contribution in [3.05, 3.63) is 17.6 Å². The highest BCUT2D eigenvalue weighted by molar-refractivity contribution is 5.74. The molecule has 1 unspecified atom stereocenters. The standard InChI is InChI=1S/C14H22N4O2/c1-4-5-11-8-13(16-10(2)15-11)18-7-6-17(3)12(9-18)14(19)20/h8,12H,4-7,9H2,1-3H3,(H,19,20). The molecule has 0 spiro atoms. The van der Waals surface area contributed by atoms with Crippen molar-refractivity contribution >= 4 is 11.8 Å². The maximum absolute atomic E-state index is 11.3. The number of carbonyl (C=O) groups is 1. The van der Waals surface area contributed by atoms with E-state index in [1.54, 1.807) is 0 Å². The number of piperazine rings is 1. The number of carboxylic acids is 1. The molecule has 0 aromatic carbocycles. The van der Waals surface area contributed by atoms with E-state index in [-0.39, 0.29) is 0 Å². The molecule has 0 amide bonds. The van der Waals surface area contributed by atoms with Gasteiger partial charge < -0.3 is 10.0 Å². The number of carboxylic acid groups (broad SMARTS) is 1. The molecule has 1 fully saturated rings. The minimum atomic E-state index is -0.781. The molecule has 20 heavy (non-hydrogen) atoms. The van der Waals surface area contributed by atoms with Crippen molar-refractivity contribution in [2.24, 2.45) is 0 Å². The first-order valence-electron chi connectivity index (χ1n) is 7.03. The predicted octanol–water partition coefficient (Wildman–Crippen LogP) is 0.943. The molecule has 0 radical (unpaired) electrons. The Labute approximate surface area is 119 Å². The second-order valence-electron chi connectivity index (χ2n) is 5.30. The van der Waals surface area contributed by atoms with Crippen molar-refractivity contribution in [2.75, 3.05) is 31.6 Å². The SMILES string of the molecule is CCCc1cc(N2CCN(C)C(C(=O)O)C2)nc(C)n1. The molecule has 110 valence electrons. The van der Waals surface area contributed by atoms with Crippen molar-refractivity contribution < 1.29 is 9.90 Å². The highest BCUT2D eigenvalue weighted by Crippen LogP contribution is 2.18.